The lowest BCUT2D eigenvalue weighted by Gasteiger charge is -2.12. The monoisotopic (exact) mass is 230 g/mol. The molecule has 0 bridgehead atoms. The molecular formula is C16H22O. The Morgan fingerprint density at radius 1 is 1.00 bits per heavy atom. The lowest BCUT2D eigenvalue weighted by molar-refractivity contribution is 0.104. The topological polar surface area (TPSA) is 17.1 Å². The van der Waals surface area contributed by atoms with Crippen LogP contribution >= 0.6 is 0 Å². The number of hydrogen-bond acceptors (Lipinski definition) is 1. The summed E-state index contributed by atoms with van der Waals surface area (Å²) in [6, 6.07) is 4.29. The molecule has 0 aromatic heterocycles. The fourth-order valence-electron chi connectivity index (χ4n) is 2.16. The van der Waals surface area contributed by atoms with Crippen molar-refractivity contribution in [1.82, 2.24) is 0 Å². The number of aryl methyl sites for hydroxylation is 3. The Morgan fingerprint density at radius 2 is 1.53 bits per heavy atom. The number of allylic oxidation sites excluding steroid dienone is 2. The number of rotatable bonds is 5. The van der Waals surface area contributed by atoms with Crippen LogP contribution in [0, 0.1) is 0 Å². The van der Waals surface area contributed by atoms with Crippen LogP contribution in [0.3, 0.4) is 0 Å². The van der Waals surface area contributed by atoms with E-state index in [2.05, 4.69) is 32.9 Å². The van der Waals surface area contributed by atoms with Crippen LogP contribution in [0.2, 0.25) is 0 Å². The summed E-state index contributed by atoms with van der Waals surface area (Å²) >= 11 is 0. The predicted molar refractivity (Wildman–Crippen MR) is 73.7 cm³/mol. The molecular weight excluding hydrogens is 208 g/mol. The van der Waals surface area contributed by atoms with Gasteiger partial charge in [-0.2, -0.15) is 0 Å². The lowest BCUT2D eigenvalue weighted by Crippen LogP contribution is -2.04. The number of carbonyl (C=O) groups excluding carboxylic acids is 1. The van der Waals surface area contributed by atoms with Crippen LogP contribution in [0.5, 0.6) is 0 Å². The first-order valence-electron chi connectivity index (χ1n) is 6.49. The third-order valence-electron chi connectivity index (χ3n) is 3.15. The molecule has 1 aromatic carbocycles. The van der Waals surface area contributed by atoms with Gasteiger partial charge < -0.3 is 0 Å². The zero-order chi connectivity index (χ0) is 12.8. The molecule has 0 fully saturated rings. The van der Waals surface area contributed by atoms with Gasteiger partial charge in [0.1, 0.15) is 0 Å². The van der Waals surface area contributed by atoms with Crippen molar-refractivity contribution >= 4 is 5.78 Å². The lowest BCUT2D eigenvalue weighted by atomic mass is 9.92. The second kappa shape index (κ2) is 6.39. The van der Waals surface area contributed by atoms with Gasteiger partial charge >= 0.3 is 0 Å². The standard InChI is InChI=1S/C16H22O/c1-5-9-16(17)15-11-13(7-3)12(6-2)10-14(15)8-4/h5,9-11H,6-8H2,1-4H3/b9-5+. The van der Waals surface area contributed by atoms with Gasteiger partial charge in [-0.05, 0) is 55.0 Å². The maximum atomic E-state index is 12.0. The fourth-order valence-corrected chi connectivity index (χ4v) is 2.16. The van der Waals surface area contributed by atoms with Gasteiger partial charge in [0.15, 0.2) is 5.78 Å². The van der Waals surface area contributed by atoms with Crippen molar-refractivity contribution in [2.24, 2.45) is 0 Å². The summed E-state index contributed by atoms with van der Waals surface area (Å²) in [4.78, 5) is 12.0. The van der Waals surface area contributed by atoms with Gasteiger partial charge in [-0.15, -0.1) is 0 Å². The number of ketones is 1. The Kier molecular flexibility index (Phi) is 5.14. The van der Waals surface area contributed by atoms with E-state index in [-0.39, 0.29) is 5.78 Å². The molecule has 0 aliphatic carbocycles. The van der Waals surface area contributed by atoms with Gasteiger partial charge in [-0.25, -0.2) is 0 Å². The van der Waals surface area contributed by atoms with E-state index >= 15 is 0 Å². The zero-order valence-corrected chi connectivity index (χ0v) is 11.3. The maximum Gasteiger partial charge on any atom is 0.185 e. The van der Waals surface area contributed by atoms with E-state index in [4.69, 9.17) is 0 Å². The molecule has 0 spiro atoms. The van der Waals surface area contributed by atoms with Gasteiger partial charge in [0.2, 0.25) is 0 Å². The van der Waals surface area contributed by atoms with Crippen LogP contribution in [0.4, 0.5) is 0 Å². The van der Waals surface area contributed by atoms with Crippen LogP contribution in [-0.4, -0.2) is 5.78 Å². The zero-order valence-electron chi connectivity index (χ0n) is 11.3. The highest BCUT2D eigenvalue weighted by Gasteiger charge is 2.11. The molecule has 1 nitrogen and oxygen atoms in total. The number of benzene rings is 1. The molecule has 92 valence electrons. The summed E-state index contributed by atoms with van der Waals surface area (Å²) in [5.41, 5.74) is 4.72. The number of carbonyl (C=O) groups is 1. The van der Waals surface area contributed by atoms with Crippen molar-refractivity contribution in [2.75, 3.05) is 0 Å². The van der Waals surface area contributed by atoms with E-state index in [1.54, 1.807) is 12.2 Å². The van der Waals surface area contributed by atoms with E-state index in [0.29, 0.717) is 0 Å². The van der Waals surface area contributed by atoms with Crippen molar-refractivity contribution in [3.8, 4) is 0 Å². The molecule has 0 amide bonds. The predicted octanol–water partition coefficient (Wildman–Crippen LogP) is 4.13. The van der Waals surface area contributed by atoms with E-state index in [9.17, 15) is 4.79 Å². The van der Waals surface area contributed by atoms with Crippen molar-refractivity contribution in [1.29, 1.82) is 0 Å². The first-order chi connectivity index (χ1) is 8.17. The normalized spacial score (nSPS) is 11.1. The van der Waals surface area contributed by atoms with Crippen LogP contribution in [0.25, 0.3) is 0 Å². The molecule has 17 heavy (non-hydrogen) atoms. The molecule has 1 heteroatoms. The molecule has 0 atom stereocenters. The Balaban J connectivity index is 3.33. The maximum absolute atomic E-state index is 12.0. The minimum Gasteiger partial charge on any atom is -0.289 e. The SMILES string of the molecule is C/C=C/C(=O)c1cc(CC)c(CC)cc1CC. The summed E-state index contributed by atoms with van der Waals surface area (Å²) in [5, 5.41) is 0. The Bertz CT molecular complexity index is 427. The van der Waals surface area contributed by atoms with Crippen molar-refractivity contribution < 1.29 is 4.79 Å². The van der Waals surface area contributed by atoms with E-state index < -0.39 is 0 Å². The Morgan fingerprint density at radius 3 is 2.00 bits per heavy atom. The van der Waals surface area contributed by atoms with Gasteiger partial charge in [0.25, 0.3) is 0 Å². The molecule has 0 saturated heterocycles. The average molecular weight is 230 g/mol. The number of hydrogen-bond donors (Lipinski definition) is 0. The quantitative estimate of drug-likeness (QED) is 0.549. The van der Waals surface area contributed by atoms with Crippen LogP contribution < -0.4 is 0 Å². The van der Waals surface area contributed by atoms with E-state index in [0.717, 1.165) is 24.8 Å². The highest BCUT2D eigenvalue weighted by molar-refractivity contribution is 6.05. The average Bonchev–Trinajstić information content (AvgIpc) is 2.37. The summed E-state index contributed by atoms with van der Waals surface area (Å²) < 4.78 is 0. The largest absolute Gasteiger partial charge is 0.289 e. The molecule has 1 rings (SSSR count). The minimum absolute atomic E-state index is 0.127. The second-order valence-electron chi connectivity index (χ2n) is 4.20. The van der Waals surface area contributed by atoms with Crippen LogP contribution in [0.1, 0.15) is 54.7 Å². The van der Waals surface area contributed by atoms with Crippen molar-refractivity contribution in [3.63, 3.8) is 0 Å². The van der Waals surface area contributed by atoms with E-state index in [1.165, 1.54) is 16.7 Å². The molecule has 0 aliphatic heterocycles. The smallest absolute Gasteiger partial charge is 0.185 e. The second-order valence-corrected chi connectivity index (χ2v) is 4.20. The third-order valence-corrected chi connectivity index (χ3v) is 3.15. The van der Waals surface area contributed by atoms with Crippen molar-refractivity contribution in [2.45, 2.75) is 47.0 Å². The minimum atomic E-state index is 0.127. The molecule has 1 aromatic rings. The summed E-state index contributed by atoms with van der Waals surface area (Å²) in [7, 11) is 0. The summed E-state index contributed by atoms with van der Waals surface area (Å²) in [5.74, 6) is 0.127. The highest BCUT2D eigenvalue weighted by atomic mass is 16.1. The highest BCUT2D eigenvalue weighted by Crippen LogP contribution is 2.20. The molecule has 0 radical (unpaired) electrons. The third kappa shape index (κ3) is 3.06. The first-order valence-corrected chi connectivity index (χ1v) is 6.49. The molecule has 0 saturated carbocycles. The molecule has 0 unspecified atom stereocenters. The molecule has 0 N–H and O–H groups in total. The molecule has 0 heterocycles. The molecule has 0 aliphatic rings. The van der Waals surface area contributed by atoms with Gasteiger partial charge in [-0.1, -0.05) is 32.9 Å². The summed E-state index contributed by atoms with van der Waals surface area (Å²) in [6.45, 7) is 8.29. The Hall–Kier alpha value is -1.37. The Labute approximate surface area is 105 Å². The van der Waals surface area contributed by atoms with Gasteiger partial charge in [0.05, 0.1) is 0 Å². The first kappa shape index (κ1) is 13.7. The van der Waals surface area contributed by atoms with Gasteiger partial charge in [-0.3, -0.25) is 4.79 Å². The van der Waals surface area contributed by atoms with Gasteiger partial charge in [0, 0.05) is 5.56 Å². The summed E-state index contributed by atoms with van der Waals surface area (Å²) in [6.07, 6.45) is 6.40. The van der Waals surface area contributed by atoms with Crippen molar-refractivity contribution in [3.05, 3.63) is 46.5 Å². The van der Waals surface area contributed by atoms with Crippen LogP contribution in [-0.2, 0) is 19.3 Å². The van der Waals surface area contributed by atoms with Crippen LogP contribution in [0.15, 0.2) is 24.3 Å². The fraction of sp³-hybridized carbons (Fsp3) is 0.438. The van der Waals surface area contributed by atoms with E-state index in [1.807, 2.05) is 6.92 Å².